The Kier molecular flexibility index (Phi) is 7.90. The summed E-state index contributed by atoms with van der Waals surface area (Å²) >= 11 is 1.44. The summed E-state index contributed by atoms with van der Waals surface area (Å²) in [6, 6.07) is 12.5. The zero-order chi connectivity index (χ0) is 23.4. The minimum absolute atomic E-state index is 0.0760. The van der Waals surface area contributed by atoms with Gasteiger partial charge in [-0.15, -0.1) is 11.8 Å². The molecule has 1 aliphatic heterocycles. The number of amides is 1. The van der Waals surface area contributed by atoms with Crippen LogP contribution in [0.3, 0.4) is 0 Å². The molecule has 1 fully saturated rings. The van der Waals surface area contributed by atoms with Gasteiger partial charge in [0.15, 0.2) is 0 Å². The Bertz CT molecular complexity index is 1060. The van der Waals surface area contributed by atoms with Gasteiger partial charge in [0, 0.05) is 24.5 Å². The molecule has 3 rings (SSSR count). The Morgan fingerprint density at radius 1 is 1.12 bits per heavy atom. The number of para-hydroxylation sites is 1. The van der Waals surface area contributed by atoms with Crippen LogP contribution >= 0.6 is 11.8 Å². The predicted molar refractivity (Wildman–Crippen MR) is 129 cm³/mol. The molecule has 2 aromatic carbocycles. The molecule has 0 bridgehead atoms. The Morgan fingerprint density at radius 2 is 1.81 bits per heavy atom. The van der Waals surface area contributed by atoms with Crippen molar-refractivity contribution in [2.45, 2.75) is 48.8 Å². The van der Waals surface area contributed by atoms with E-state index in [-0.39, 0.29) is 29.4 Å². The van der Waals surface area contributed by atoms with Crippen molar-refractivity contribution in [2.24, 2.45) is 0 Å². The second-order valence-corrected chi connectivity index (χ2v) is 11.5. The molecule has 1 heterocycles. The van der Waals surface area contributed by atoms with E-state index in [0.29, 0.717) is 5.56 Å². The minimum Gasteiger partial charge on any atom is -0.492 e. The third-order valence-electron chi connectivity index (χ3n) is 5.45. The highest BCUT2D eigenvalue weighted by molar-refractivity contribution is 7.98. The summed E-state index contributed by atoms with van der Waals surface area (Å²) in [5.41, 5.74) is 1.44. The number of rotatable bonds is 8. The molecule has 0 aromatic heterocycles. The fourth-order valence-corrected chi connectivity index (χ4v) is 5.35. The summed E-state index contributed by atoms with van der Waals surface area (Å²) in [4.78, 5) is 15.6. The van der Waals surface area contributed by atoms with E-state index in [1.807, 2.05) is 30.5 Å². The molecule has 1 aliphatic rings. The van der Waals surface area contributed by atoms with Crippen LogP contribution in [0.25, 0.3) is 0 Å². The van der Waals surface area contributed by atoms with E-state index in [9.17, 15) is 13.2 Å². The molecule has 1 saturated heterocycles. The number of carbonyl (C=O) groups excluding carboxylic acids is 1. The number of sulfonamides is 1. The monoisotopic (exact) mass is 476 g/mol. The van der Waals surface area contributed by atoms with E-state index in [1.54, 1.807) is 17.0 Å². The lowest BCUT2D eigenvalue weighted by Gasteiger charge is -2.22. The zero-order valence-electron chi connectivity index (χ0n) is 19.2. The smallest absolute Gasteiger partial charge is 0.255 e. The summed E-state index contributed by atoms with van der Waals surface area (Å²) in [5.74, 6) is 0.646. The summed E-state index contributed by atoms with van der Waals surface area (Å²) in [6.07, 6.45) is 3.85. The van der Waals surface area contributed by atoms with Crippen molar-refractivity contribution in [1.82, 2.24) is 9.62 Å². The van der Waals surface area contributed by atoms with Crippen LogP contribution in [0.1, 0.15) is 49.5 Å². The van der Waals surface area contributed by atoms with Gasteiger partial charge in [-0.05, 0) is 54.3 Å². The molecule has 0 spiro atoms. The molecule has 0 saturated carbocycles. The van der Waals surface area contributed by atoms with Crippen molar-refractivity contribution < 1.29 is 17.9 Å². The molecule has 0 radical (unpaired) electrons. The van der Waals surface area contributed by atoms with Crippen LogP contribution in [0.2, 0.25) is 0 Å². The van der Waals surface area contributed by atoms with Crippen LogP contribution in [0, 0.1) is 0 Å². The molecular formula is C24H32N2O4S2. The second kappa shape index (κ2) is 10.3. The molecular weight excluding hydrogens is 444 g/mol. The molecule has 32 heavy (non-hydrogen) atoms. The van der Waals surface area contributed by atoms with Crippen LogP contribution in [-0.4, -0.2) is 51.7 Å². The van der Waals surface area contributed by atoms with E-state index in [2.05, 4.69) is 25.5 Å². The number of hydrogen-bond acceptors (Lipinski definition) is 5. The fraction of sp³-hybridized carbons (Fsp3) is 0.458. The lowest BCUT2D eigenvalue weighted by Crippen LogP contribution is -2.30. The largest absolute Gasteiger partial charge is 0.492 e. The lowest BCUT2D eigenvalue weighted by molar-refractivity contribution is 0.0789. The van der Waals surface area contributed by atoms with Gasteiger partial charge in [0.1, 0.15) is 12.4 Å². The number of thioether (sulfide) groups is 1. The van der Waals surface area contributed by atoms with Gasteiger partial charge in [-0.25, -0.2) is 13.1 Å². The number of nitrogens with zero attached hydrogens (tertiary/aromatic N) is 1. The SMILES string of the molecule is CSc1ccc(S(=O)(=O)NCCOc2ccccc2C(C)(C)C)cc1C(=O)N1CCCC1. The van der Waals surface area contributed by atoms with Gasteiger partial charge in [0.05, 0.1) is 10.5 Å². The van der Waals surface area contributed by atoms with E-state index in [4.69, 9.17) is 4.74 Å². The molecule has 2 aromatic rings. The zero-order valence-corrected chi connectivity index (χ0v) is 20.8. The number of carbonyl (C=O) groups is 1. The average molecular weight is 477 g/mol. The molecule has 0 aliphatic carbocycles. The first-order valence-corrected chi connectivity index (χ1v) is 13.5. The number of ether oxygens (including phenoxy) is 1. The molecule has 0 atom stereocenters. The first-order chi connectivity index (χ1) is 15.1. The number of likely N-dealkylation sites (tertiary alicyclic amines) is 1. The Hall–Kier alpha value is -2.03. The van der Waals surface area contributed by atoms with Crippen molar-refractivity contribution in [3.63, 3.8) is 0 Å². The molecule has 6 nitrogen and oxygen atoms in total. The summed E-state index contributed by atoms with van der Waals surface area (Å²) < 4.78 is 34.2. The third kappa shape index (κ3) is 5.85. The molecule has 1 amide bonds. The highest BCUT2D eigenvalue weighted by Gasteiger charge is 2.24. The third-order valence-corrected chi connectivity index (χ3v) is 7.71. The average Bonchev–Trinajstić information content (AvgIpc) is 3.30. The van der Waals surface area contributed by atoms with Crippen LogP contribution in [0.5, 0.6) is 5.75 Å². The first-order valence-electron chi connectivity index (χ1n) is 10.8. The van der Waals surface area contributed by atoms with Crippen LogP contribution in [0.15, 0.2) is 52.3 Å². The normalized spacial score (nSPS) is 14.6. The van der Waals surface area contributed by atoms with Crippen molar-refractivity contribution in [2.75, 3.05) is 32.5 Å². The quantitative estimate of drug-likeness (QED) is 0.454. The minimum atomic E-state index is -3.77. The van der Waals surface area contributed by atoms with Gasteiger partial charge in [0.25, 0.3) is 5.91 Å². The summed E-state index contributed by atoms with van der Waals surface area (Å²) in [5, 5.41) is 0. The Morgan fingerprint density at radius 3 is 2.47 bits per heavy atom. The maximum Gasteiger partial charge on any atom is 0.255 e. The number of nitrogens with one attached hydrogen (secondary N) is 1. The fourth-order valence-electron chi connectivity index (χ4n) is 3.74. The maximum atomic E-state index is 12.9. The van der Waals surface area contributed by atoms with Crippen LogP contribution in [-0.2, 0) is 15.4 Å². The van der Waals surface area contributed by atoms with E-state index in [0.717, 1.165) is 42.1 Å². The van der Waals surface area contributed by atoms with E-state index in [1.165, 1.54) is 17.8 Å². The van der Waals surface area contributed by atoms with Gasteiger partial charge in [-0.2, -0.15) is 0 Å². The van der Waals surface area contributed by atoms with Gasteiger partial charge in [-0.1, -0.05) is 39.0 Å². The predicted octanol–water partition coefficient (Wildman–Crippen LogP) is 4.30. The Balaban J connectivity index is 1.68. The lowest BCUT2D eigenvalue weighted by atomic mass is 9.86. The topological polar surface area (TPSA) is 75.7 Å². The van der Waals surface area contributed by atoms with Crippen molar-refractivity contribution in [1.29, 1.82) is 0 Å². The van der Waals surface area contributed by atoms with Crippen molar-refractivity contribution in [3.05, 3.63) is 53.6 Å². The molecule has 0 unspecified atom stereocenters. The highest BCUT2D eigenvalue weighted by atomic mass is 32.2. The van der Waals surface area contributed by atoms with Gasteiger partial charge in [0.2, 0.25) is 10.0 Å². The van der Waals surface area contributed by atoms with Crippen molar-refractivity contribution in [3.8, 4) is 5.75 Å². The van der Waals surface area contributed by atoms with Gasteiger partial charge in [-0.3, -0.25) is 4.79 Å². The second-order valence-electron chi connectivity index (χ2n) is 8.85. The maximum absolute atomic E-state index is 12.9. The molecule has 174 valence electrons. The van der Waals surface area contributed by atoms with Crippen molar-refractivity contribution >= 4 is 27.7 Å². The standard InChI is InChI=1S/C24H32N2O4S2/c1-24(2,3)20-9-5-6-10-21(20)30-16-13-25-32(28,29)18-11-12-22(31-4)19(17-18)23(27)26-14-7-8-15-26/h5-6,9-12,17,25H,7-8,13-16H2,1-4H3. The Labute approximate surface area is 195 Å². The first kappa shape index (κ1) is 24.6. The summed E-state index contributed by atoms with van der Waals surface area (Å²) in [6.45, 7) is 8.09. The van der Waals surface area contributed by atoms with Gasteiger partial charge < -0.3 is 9.64 Å². The number of hydrogen-bond donors (Lipinski definition) is 1. The van der Waals surface area contributed by atoms with Crippen LogP contribution < -0.4 is 9.46 Å². The summed E-state index contributed by atoms with van der Waals surface area (Å²) in [7, 11) is -3.77. The van der Waals surface area contributed by atoms with Crippen LogP contribution in [0.4, 0.5) is 0 Å². The van der Waals surface area contributed by atoms with E-state index >= 15 is 0 Å². The van der Waals surface area contributed by atoms with Gasteiger partial charge >= 0.3 is 0 Å². The molecule has 1 N–H and O–H groups in total. The molecule has 8 heteroatoms. The highest BCUT2D eigenvalue weighted by Crippen LogP contribution is 2.31. The number of benzene rings is 2. The van der Waals surface area contributed by atoms with E-state index < -0.39 is 10.0 Å².